The Morgan fingerprint density at radius 1 is 1.50 bits per heavy atom. The van der Waals surface area contributed by atoms with Gasteiger partial charge in [0, 0.05) is 6.04 Å². The van der Waals surface area contributed by atoms with Crippen molar-refractivity contribution in [3.63, 3.8) is 0 Å². The zero-order chi connectivity index (χ0) is 13.0. The number of hydrogen-bond donors (Lipinski definition) is 1. The van der Waals surface area contributed by atoms with Crippen LogP contribution in [-0.4, -0.2) is 12.6 Å². The van der Waals surface area contributed by atoms with Gasteiger partial charge < -0.3 is 5.32 Å². The Morgan fingerprint density at radius 2 is 2.28 bits per heavy atom. The van der Waals surface area contributed by atoms with E-state index in [9.17, 15) is 4.39 Å². The second kappa shape index (κ2) is 6.35. The number of rotatable bonds is 6. The molecule has 1 aromatic carbocycles. The van der Waals surface area contributed by atoms with Crippen LogP contribution in [-0.2, 0) is 6.42 Å². The highest BCUT2D eigenvalue weighted by Gasteiger charge is 2.19. The van der Waals surface area contributed by atoms with Crippen molar-refractivity contribution in [3.8, 4) is 0 Å². The smallest absolute Gasteiger partial charge is 0.142 e. The van der Waals surface area contributed by atoms with Gasteiger partial charge in [0.15, 0.2) is 0 Å². The highest BCUT2D eigenvalue weighted by molar-refractivity contribution is 6.30. The minimum Gasteiger partial charge on any atom is -0.314 e. The molecule has 1 N–H and O–H groups in total. The van der Waals surface area contributed by atoms with Crippen molar-refractivity contribution in [2.45, 2.75) is 38.6 Å². The van der Waals surface area contributed by atoms with Gasteiger partial charge in [-0.3, -0.25) is 0 Å². The maximum absolute atomic E-state index is 13.3. The summed E-state index contributed by atoms with van der Waals surface area (Å²) in [6.45, 7) is 3.13. The summed E-state index contributed by atoms with van der Waals surface area (Å²) in [7, 11) is 0. The molecule has 3 heteroatoms. The Balaban J connectivity index is 1.79. The third-order valence-corrected chi connectivity index (χ3v) is 3.42. The summed E-state index contributed by atoms with van der Waals surface area (Å²) >= 11 is 5.66. The molecule has 0 bridgehead atoms. The van der Waals surface area contributed by atoms with Gasteiger partial charge in [0.25, 0.3) is 0 Å². The van der Waals surface area contributed by atoms with Gasteiger partial charge >= 0.3 is 0 Å². The molecule has 1 aromatic rings. The third kappa shape index (κ3) is 4.43. The molecule has 2 rings (SSSR count). The van der Waals surface area contributed by atoms with E-state index < -0.39 is 0 Å². The van der Waals surface area contributed by atoms with Crippen molar-refractivity contribution in [1.82, 2.24) is 5.32 Å². The molecule has 0 aliphatic heterocycles. The summed E-state index contributed by atoms with van der Waals surface area (Å²) in [6.07, 6.45) is 6.71. The van der Waals surface area contributed by atoms with E-state index in [1.807, 2.05) is 6.07 Å². The first-order chi connectivity index (χ1) is 8.65. The molecule has 0 spiro atoms. The van der Waals surface area contributed by atoms with Gasteiger partial charge in [-0.15, -0.1) is 0 Å². The molecule has 0 heterocycles. The van der Waals surface area contributed by atoms with Gasteiger partial charge in [0.2, 0.25) is 0 Å². The minimum atomic E-state index is -0.336. The third-order valence-electron chi connectivity index (χ3n) is 3.11. The van der Waals surface area contributed by atoms with Crippen molar-refractivity contribution in [1.29, 1.82) is 0 Å². The minimum absolute atomic E-state index is 0.189. The van der Waals surface area contributed by atoms with Gasteiger partial charge in [0.1, 0.15) is 5.82 Å². The topological polar surface area (TPSA) is 12.0 Å². The largest absolute Gasteiger partial charge is 0.314 e. The lowest BCUT2D eigenvalue weighted by Crippen LogP contribution is -2.16. The average Bonchev–Trinajstić information content (AvgIpc) is 3.14. The fraction of sp³-hybridized carbons (Fsp3) is 0.467. The molecule has 0 atom stereocenters. The maximum Gasteiger partial charge on any atom is 0.142 e. The summed E-state index contributed by atoms with van der Waals surface area (Å²) in [5.41, 5.74) is 2.25. The molecule has 1 nitrogen and oxygen atoms in total. The fourth-order valence-corrected chi connectivity index (χ4v) is 2.05. The molecule has 1 fully saturated rings. The lowest BCUT2D eigenvalue weighted by Gasteiger charge is -2.04. The van der Waals surface area contributed by atoms with Crippen LogP contribution >= 0.6 is 11.6 Å². The summed E-state index contributed by atoms with van der Waals surface area (Å²) in [5, 5.41) is 3.66. The molecule has 0 aromatic heterocycles. The summed E-state index contributed by atoms with van der Waals surface area (Å²) < 4.78 is 13.3. The van der Waals surface area contributed by atoms with Crippen molar-refractivity contribution >= 4 is 11.6 Å². The molecule has 98 valence electrons. The van der Waals surface area contributed by atoms with E-state index in [0.29, 0.717) is 0 Å². The lowest BCUT2D eigenvalue weighted by atomic mass is 10.1. The second-order valence-electron chi connectivity index (χ2n) is 4.99. The molecule has 1 aliphatic carbocycles. The van der Waals surface area contributed by atoms with E-state index in [-0.39, 0.29) is 10.8 Å². The van der Waals surface area contributed by atoms with Gasteiger partial charge in [-0.2, -0.15) is 0 Å². The maximum atomic E-state index is 13.3. The quantitative estimate of drug-likeness (QED) is 0.604. The Labute approximate surface area is 113 Å². The van der Waals surface area contributed by atoms with Gasteiger partial charge in [-0.1, -0.05) is 29.3 Å². The van der Waals surface area contributed by atoms with Crippen molar-refractivity contribution in [3.05, 3.63) is 46.3 Å². The SMILES string of the molecule is C/C(=C/CCNC1CC1)Cc1ccc(Cl)c(F)c1. The molecule has 0 radical (unpaired) electrons. The molecular weight excluding hydrogens is 249 g/mol. The van der Waals surface area contributed by atoms with Gasteiger partial charge in [0.05, 0.1) is 5.02 Å². The van der Waals surface area contributed by atoms with E-state index in [1.54, 1.807) is 6.07 Å². The molecule has 1 saturated carbocycles. The van der Waals surface area contributed by atoms with Crippen LogP contribution in [0.1, 0.15) is 31.7 Å². The predicted octanol–water partition coefficient (Wildman–Crippen LogP) is 4.11. The number of hydrogen-bond acceptors (Lipinski definition) is 1. The first-order valence-corrected chi connectivity index (χ1v) is 6.86. The Bertz CT molecular complexity index is 438. The summed E-state index contributed by atoms with van der Waals surface area (Å²) in [4.78, 5) is 0. The molecule has 1 aliphatic rings. The molecule has 18 heavy (non-hydrogen) atoms. The molecular formula is C15H19ClFN. The van der Waals surface area contributed by atoms with Crippen LogP contribution in [0.4, 0.5) is 4.39 Å². The van der Waals surface area contributed by atoms with Crippen LogP contribution in [0.3, 0.4) is 0 Å². The van der Waals surface area contributed by atoms with Crippen molar-refractivity contribution in [2.75, 3.05) is 6.54 Å². The van der Waals surface area contributed by atoms with Crippen LogP contribution in [0.2, 0.25) is 5.02 Å². The average molecular weight is 268 g/mol. The number of nitrogens with one attached hydrogen (secondary N) is 1. The lowest BCUT2D eigenvalue weighted by molar-refractivity contribution is 0.626. The first-order valence-electron chi connectivity index (χ1n) is 6.48. The highest BCUT2D eigenvalue weighted by atomic mass is 35.5. The van der Waals surface area contributed by atoms with Crippen molar-refractivity contribution < 1.29 is 4.39 Å². The van der Waals surface area contributed by atoms with Crippen LogP contribution in [0, 0.1) is 5.82 Å². The van der Waals surface area contributed by atoms with E-state index in [0.717, 1.165) is 31.0 Å². The van der Waals surface area contributed by atoms with E-state index in [4.69, 9.17) is 11.6 Å². The predicted molar refractivity (Wildman–Crippen MR) is 74.5 cm³/mol. The number of allylic oxidation sites excluding steroid dienone is 1. The molecule has 0 saturated heterocycles. The Hall–Kier alpha value is -0.860. The van der Waals surface area contributed by atoms with Crippen molar-refractivity contribution in [2.24, 2.45) is 0 Å². The van der Waals surface area contributed by atoms with E-state index in [1.165, 1.54) is 24.5 Å². The number of benzene rings is 1. The van der Waals surface area contributed by atoms with Gasteiger partial charge in [-0.05, 0) is 56.8 Å². The highest BCUT2D eigenvalue weighted by Crippen LogP contribution is 2.19. The normalized spacial score (nSPS) is 16.1. The number of halogens is 2. The second-order valence-corrected chi connectivity index (χ2v) is 5.40. The Kier molecular flexibility index (Phi) is 4.79. The Morgan fingerprint density at radius 3 is 2.94 bits per heavy atom. The van der Waals surface area contributed by atoms with Crippen LogP contribution in [0.25, 0.3) is 0 Å². The van der Waals surface area contributed by atoms with Crippen LogP contribution < -0.4 is 5.32 Å². The van der Waals surface area contributed by atoms with Crippen LogP contribution in [0.5, 0.6) is 0 Å². The fourth-order valence-electron chi connectivity index (χ4n) is 1.94. The summed E-state index contributed by atoms with van der Waals surface area (Å²) in [6, 6.07) is 5.78. The zero-order valence-corrected chi connectivity index (χ0v) is 11.4. The van der Waals surface area contributed by atoms with E-state index in [2.05, 4.69) is 18.3 Å². The summed E-state index contributed by atoms with van der Waals surface area (Å²) in [5.74, 6) is -0.336. The monoisotopic (exact) mass is 267 g/mol. The first kappa shape index (κ1) is 13.6. The van der Waals surface area contributed by atoms with E-state index >= 15 is 0 Å². The zero-order valence-electron chi connectivity index (χ0n) is 10.7. The standard InChI is InChI=1S/C15H19ClFN/c1-11(3-2-8-18-13-5-6-13)9-12-4-7-14(16)15(17)10-12/h3-4,7,10,13,18H,2,5-6,8-9H2,1H3/b11-3-. The molecule has 0 amide bonds. The van der Waals surface area contributed by atoms with Crippen LogP contribution in [0.15, 0.2) is 29.8 Å². The van der Waals surface area contributed by atoms with Gasteiger partial charge in [-0.25, -0.2) is 4.39 Å². The molecule has 0 unspecified atom stereocenters.